The van der Waals surface area contributed by atoms with Crippen LogP contribution in [-0.4, -0.2) is 6.54 Å². The predicted octanol–water partition coefficient (Wildman–Crippen LogP) is 5.83. The zero-order valence-electron chi connectivity index (χ0n) is 11.6. The van der Waals surface area contributed by atoms with E-state index in [4.69, 9.17) is 0 Å². The normalized spacial score (nSPS) is 18.5. The van der Waals surface area contributed by atoms with Crippen LogP contribution in [-0.2, 0) is 0 Å². The summed E-state index contributed by atoms with van der Waals surface area (Å²) in [6.07, 6.45) is 8.12. The number of rotatable bonds is 5. The summed E-state index contributed by atoms with van der Waals surface area (Å²) in [6, 6.07) is 7.08. The van der Waals surface area contributed by atoms with Crippen LogP contribution in [0.3, 0.4) is 0 Å². The number of halogens is 2. The molecule has 3 heteroatoms. The second kappa shape index (κ2) is 7.80. The Kier molecular flexibility index (Phi) is 6.37. The molecule has 1 saturated carbocycles. The summed E-state index contributed by atoms with van der Waals surface area (Å²) in [4.78, 5) is 0. The highest BCUT2D eigenvalue weighted by atomic mass is 79.9. The maximum Gasteiger partial charge on any atom is 0.0359 e. The van der Waals surface area contributed by atoms with Crippen molar-refractivity contribution < 1.29 is 0 Å². The zero-order chi connectivity index (χ0) is 13.7. The molecule has 1 aromatic carbocycles. The molecule has 2 rings (SSSR count). The van der Waals surface area contributed by atoms with Crippen molar-refractivity contribution in [3.63, 3.8) is 0 Å². The van der Waals surface area contributed by atoms with Crippen molar-refractivity contribution in [2.45, 2.75) is 51.5 Å². The summed E-state index contributed by atoms with van der Waals surface area (Å²) in [6.45, 7) is 3.34. The lowest BCUT2D eigenvalue weighted by atomic mass is 9.81. The Morgan fingerprint density at radius 1 is 1.21 bits per heavy atom. The van der Waals surface area contributed by atoms with Gasteiger partial charge in [0.2, 0.25) is 0 Å². The minimum Gasteiger partial charge on any atom is -0.310 e. The standard InChI is InChI=1S/C16H23Br2N/c1-2-10-19-16(12-6-4-3-5-7-12)14-9-8-13(17)11-15(14)18/h8-9,11-12,16,19H,2-7,10H2,1H3. The maximum atomic E-state index is 3.77. The first-order valence-corrected chi connectivity index (χ1v) is 8.99. The van der Waals surface area contributed by atoms with Gasteiger partial charge in [-0.15, -0.1) is 0 Å². The second-order valence-corrected chi connectivity index (χ2v) is 7.27. The van der Waals surface area contributed by atoms with Gasteiger partial charge in [-0.2, -0.15) is 0 Å². The highest BCUT2D eigenvalue weighted by molar-refractivity contribution is 9.11. The third kappa shape index (κ3) is 4.30. The van der Waals surface area contributed by atoms with E-state index >= 15 is 0 Å². The van der Waals surface area contributed by atoms with Crippen molar-refractivity contribution >= 4 is 31.9 Å². The van der Waals surface area contributed by atoms with Gasteiger partial charge in [-0.1, -0.05) is 64.1 Å². The summed E-state index contributed by atoms with van der Waals surface area (Å²) in [7, 11) is 0. The van der Waals surface area contributed by atoms with Crippen LogP contribution in [0.5, 0.6) is 0 Å². The Balaban J connectivity index is 2.19. The smallest absolute Gasteiger partial charge is 0.0359 e. The fourth-order valence-electron chi connectivity index (χ4n) is 3.05. The number of benzene rings is 1. The lowest BCUT2D eigenvalue weighted by Gasteiger charge is -2.32. The summed E-state index contributed by atoms with van der Waals surface area (Å²) in [5, 5.41) is 3.77. The van der Waals surface area contributed by atoms with E-state index < -0.39 is 0 Å². The zero-order valence-corrected chi connectivity index (χ0v) is 14.8. The predicted molar refractivity (Wildman–Crippen MR) is 89.5 cm³/mol. The number of hydrogen-bond acceptors (Lipinski definition) is 1. The van der Waals surface area contributed by atoms with Crippen LogP contribution in [0.15, 0.2) is 27.1 Å². The Hall–Kier alpha value is 0.140. The molecule has 0 amide bonds. The molecule has 1 aliphatic rings. The van der Waals surface area contributed by atoms with E-state index in [1.807, 2.05) is 0 Å². The SMILES string of the molecule is CCCNC(c1ccc(Br)cc1Br)C1CCCCC1. The summed E-state index contributed by atoms with van der Waals surface area (Å²) in [5.41, 5.74) is 1.42. The Labute approximate surface area is 133 Å². The van der Waals surface area contributed by atoms with Gasteiger partial charge in [0.05, 0.1) is 0 Å². The average Bonchev–Trinajstić information content (AvgIpc) is 2.42. The molecule has 1 aromatic rings. The van der Waals surface area contributed by atoms with Crippen molar-refractivity contribution in [1.29, 1.82) is 0 Å². The van der Waals surface area contributed by atoms with Crippen LogP contribution >= 0.6 is 31.9 Å². The monoisotopic (exact) mass is 387 g/mol. The molecule has 0 radical (unpaired) electrons. The summed E-state index contributed by atoms with van der Waals surface area (Å²) >= 11 is 7.28. The van der Waals surface area contributed by atoms with Crippen molar-refractivity contribution in [3.05, 3.63) is 32.7 Å². The Morgan fingerprint density at radius 2 is 1.95 bits per heavy atom. The third-order valence-electron chi connectivity index (χ3n) is 4.03. The molecule has 1 N–H and O–H groups in total. The lowest BCUT2D eigenvalue weighted by Crippen LogP contribution is -2.30. The van der Waals surface area contributed by atoms with Gasteiger partial charge in [-0.25, -0.2) is 0 Å². The molecule has 1 aliphatic carbocycles. The molecular weight excluding hydrogens is 366 g/mol. The summed E-state index contributed by atoms with van der Waals surface area (Å²) < 4.78 is 2.36. The molecule has 106 valence electrons. The molecule has 1 unspecified atom stereocenters. The first kappa shape index (κ1) is 15.5. The topological polar surface area (TPSA) is 12.0 Å². The average molecular weight is 389 g/mol. The number of nitrogens with one attached hydrogen (secondary N) is 1. The van der Waals surface area contributed by atoms with Gasteiger partial charge in [0.15, 0.2) is 0 Å². The minimum atomic E-state index is 0.503. The van der Waals surface area contributed by atoms with Crippen molar-refractivity contribution in [1.82, 2.24) is 5.32 Å². The van der Waals surface area contributed by atoms with E-state index in [1.165, 1.54) is 48.6 Å². The van der Waals surface area contributed by atoms with Gasteiger partial charge in [0.25, 0.3) is 0 Å². The third-order valence-corrected chi connectivity index (χ3v) is 5.21. The molecule has 0 spiro atoms. The molecule has 1 atom stereocenters. The van der Waals surface area contributed by atoms with Crippen LogP contribution in [0, 0.1) is 5.92 Å². The molecule has 0 saturated heterocycles. The van der Waals surface area contributed by atoms with Gasteiger partial charge >= 0.3 is 0 Å². The number of hydrogen-bond donors (Lipinski definition) is 1. The second-order valence-electron chi connectivity index (χ2n) is 5.50. The fraction of sp³-hybridized carbons (Fsp3) is 0.625. The van der Waals surface area contributed by atoms with E-state index in [-0.39, 0.29) is 0 Å². The maximum absolute atomic E-state index is 3.77. The highest BCUT2D eigenvalue weighted by Crippen LogP contribution is 2.37. The first-order chi connectivity index (χ1) is 9.22. The van der Waals surface area contributed by atoms with Gasteiger partial charge in [-0.3, -0.25) is 0 Å². The molecular formula is C16H23Br2N. The van der Waals surface area contributed by atoms with Crippen molar-refractivity contribution in [2.24, 2.45) is 5.92 Å². The van der Waals surface area contributed by atoms with Crippen LogP contribution < -0.4 is 5.32 Å². The van der Waals surface area contributed by atoms with E-state index in [0.717, 1.165) is 16.9 Å². The van der Waals surface area contributed by atoms with E-state index in [0.29, 0.717) is 6.04 Å². The molecule has 0 bridgehead atoms. The van der Waals surface area contributed by atoms with Crippen molar-refractivity contribution in [3.8, 4) is 0 Å². The van der Waals surface area contributed by atoms with Crippen LogP contribution in [0.2, 0.25) is 0 Å². The van der Waals surface area contributed by atoms with Crippen LogP contribution in [0.4, 0.5) is 0 Å². The summed E-state index contributed by atoms with van der Waals surface area (Å²) in [5.74, 6) is 0.790. The first-order valence-electron chi connectivity index (χ1n) is 7.40. The van der Waals surface area contributed by atoms with E-state index in [2.05, 4.69) is 62.3 Å². The van der Waals surface area contributed by atoms with Crippen LogP contribution in [0.25, 0.3) is 0 Å². The fourth-order valence-corrected chi connectivity index (χ4v) is 4.35. The van der Waals surface area contributed by atoms with Gasteiger partial charge in [0, 0.05) is 15.0 Å². The highest BCUT2D eigenvalue weighted by Gasteiger charge is 2.25. The van der Waals surface area contributed by atoms with Gasteiger partial charge < -0.3 is 5.32 Å². The molecule has 1 nitrogen and oxygen atoms in total. The molecule has 19 heavy (non-hydrogen) atoms. The molecule has 0 aromatic heterocycles. The van der Waals surface area contributed by atoms with Crippen molar-refractivity contribution in [2.75, 3.05) is 6.54 Å². The largest absolute Gasteiger partial charge is 0.310 e. The molecule has 1 fully saturated rings. The van der Waals surface area contributed by atoms with Gasteiger partial charge in [0.1, 0.15) is 0 Å². The molecule has 0 heterocycles. The Morgan fingerprint density at radius 3 is 2.58 bits per heavy atom. The quantitative estimate of drug-likeness (QED) is 0.668. The lowest BCUT2D eigenvalue weighted by molar-refractivity contribution is 0.271. The Bertz CT molecular complexity index is 400. The van der Waals surface area contributed by atoms with Crippen LogP contribution in [0.1, 0.15) is 57.1 Å². The molecule has 0 aliphatic heterocycles. The minimum absolute atomic E-state index is 0.503. The van der Waals surface area contributed by atoms with E-state index in [1.54, 1.807) is 0 Å². The van der Waals surface area contributed by atoms with E-state index in [9.17, 15) is 0 Å². The van der Waals surface area contributed by atoms with Gasteiger partial charge in [-0.05, 0) is 49.4 Å².